The average Bonchev–Trinajstić information content (AvgIpc) is 2.48. The first-order valence-corrected chi connectivity index (χ1v) is 6.99. The summed E-state index contributed by atoms with van der Waals surface area (Å²) in [4.78, 5) is 22.9. The van der Waals surface area contributed by atoms with Gasteiger partial charge < -0.3 is 11.1 Å². The fraction of sp³-hybridized carbons (Fsp3) is 0.400. The number of carbonyl (C=O) groups excluding carboxylic acids is 2. The van der Waals surface area contributed by atoms with E-state index in [2.05, 4.69) is 15.8 Å². The van der Waals surface area contributed by atoms with Crippen molar-refractivity contribution in [1.82, 2.24) is 5.43 Å². The van der Waals surface area contributed by atoms with Crippen LogP contribution < -0.4 is 16.5 Å². The molecule has 0 aliphatic carbocycles. The van der Waals surface area contributed by atoms with Crippen LogP contribution in [0.25, 0.3) is 0 Å². The van der Waals surface area contributed by atoms with Gasteiger partial charge in [-0.25, -0.2) is 5.43 Å². The highest BCUT2D eigenvalue weighted by Gasteiger charge is 2.17. The van der Waals surface area contributed by atoms with E-state index in [0.29, 0.717) is 18.5 Å². The summed E-state index contributed by atoms with van der Waals surface area (Å²) < 4.78 is 0. The molecule has 1 atom stereocenters. The molecule has 0 fully saturated rings. The van der Waals surface area contributed by atoms with Crippen molar-refractivity contribution >= 4 is 23.2 Å². The molecule has 1 aliphatic heterocycles. The summed E-state index contributed by atoms with van der Waals surface area (Å²) in [6, 6.07) is 6.82. The van der Waals surface area contributed by atoms with Gasteiger partial charge in [-0.2, -0.15) is 5.10 Å². The number of nitrogens with two attached hydrogens (primary N) is 1. The molecule has 0 saturated carbocycles. The maximum atomic E-state index is 11.9. The lowest BCUT2D eigenvalue weighted by Gasteiger charge is -2.16. The molecular formula is C15H20N4O2. The predicted octanol–water partition coefficient (Wildman–Crippen LogP) is 1.22. The number of hydrazone groups is 1. The topological polar surface area (TPSA) is 96.6 Å². The Labute approximate surface area is 123 Å². The summed E-state index contributed by atoms with van der Waals surface area (Å²) in [6.07, 6.45) is 1.07. The van der Waals surface area contributed by atoms with Gasteiger partial charge in [0.25, 0.3) is 0 Å². The van der Waals surface area contributed by atoms with Crippen LogP contribution in [0.3, 0.4) is 0 Å². The molecule has 1 aromatic rings. The second-order valence-corrected chi connectivity index (χ2v) is 5.43. The SMILES string of the molecule is CC(C)[C@H](N)C(=O)Nc1ccc(C2=NNC(=O)CC2)cc1. The third-order valence-corrected chi connectivity index (χ3v) is 3.41. The largest absolute Gasteiger partial charge is 0.325 e. The van der Waals surface area contributed by atoms with Crippen molar-refractivity contribution in [1.29, 1.82) is 0 Å². The van der Waals surface area contributed by atoms with Crippen LogP contribution in [0, 0.1) is 5.92 Å². The lowest BCUT2D eigenvalue weighted by atomic mass is 10.0. The van der Waals surface area contributed by atoms with E-state index >= 15 is 0 Å². The number of amides is 2. The molecule has 0 saturated heterocycles. The number of hydrogen-bond donors (Lipinski definition) is 3. The molecule has 0 unspecified atom stereocenters. The van der Waals surface area contributed by atoms with Crippen LogP contribution in [0.2, 0.25) is 0 Å². The van der Waals surface area contributed by atoms with Gasteiger partial charge in [-0.1, -0.05) is 26.0 Å². The molecule has 4 N–H and O–H groups in total. The fourth-order valence-corrected chi connectivity index (χ4v) is 1.96. The first-order valence-electron chi connectivity index (χ1n) is 6.99. The van der Waals surface area contributed by atoms with E-state index in [1.165, 1.54) is 0 Å². The van der Waals surface area contributed by atoms with Crippen molar-refractivity contribution in [2.75, 3.05) is 5.32 Å². The first-order chi connectivity index (χ1) is 9.97. The van der Waals surface area contributed by atoms with Gasteiger partial charge in [0.1, 0.15) is 0 Å². The summed E-state index contributed by atoms with van der Waals surface area (Å²) in [5.74, 6) is -0.171. The monoisotopic (exact) mass is 288 g/mol. The second kappa shape index (κ2) is 6.49. The lowest BCUT2D eigenvalue weighted by molar-refractivity contribution is -0.121. The van der Waals surface area contributed by atoms with Gasteiger partial charge in [-0.3, -0.25) is 9.59 Å². The Morgan fingerprint density at radius 3 is 2.48 bits per heavy atom. The molecule has 0 aromatic heterocycles. The van der Waals surface area contributed by atoms with Gasteiger partial charge in [-0.05, 0) is 23.6 Å². The van der Waals surface area contributed by atoms with Gasteiger partial charge >= 0.3 is 0 Å². The summed E-state index contributed by atoms with van der Waals surface area (Å²) >= 11 is 0. The lowest BCUT2D eigenvalue weighted by Crippen LogP contribution is -2.39. The van der Waals surface area contributed by atoms with Crippen molar-refractivity contribution in [3.05, 3.63) is 29.8 Å². The van der Waals surface area contributed by atoms with E-state index in [4.69, 9.17) is 5.73 Å². The summed E-state index contributed by atoms with van der Waals surface area (Å²) in [7, 11) is 0. The van der Waals surface area contributed by atoms with E-state index in [0.717, 1.165) is 11.3 Å². The van der Waals surface area contributed by atoms with Gasteiger partial charge in [0.2, 0.25) is 11.8 Å². The minimum atomic E-state index is -0.525. The minimum Gasteiger partial charge on any atom is -0.325 e. The maximum absolute atomic E-state index is 11.9. The normalized spacial score (nSPS) is 16.2. The fourth-order valence-electron chi connectivity index (χ4n) is 1.96. The summed E-state index contributed by atoms with van der Waals surface area (Å²) in [6.45, 7) is 3.81. The van der Waals surface area contributed by atoms with Crippen LogP contribution in [0.15, 0.2) is 29.4 Å². The summed E-state index contributed by atoms with van der Waals surface area (Å²) in [5.41, 5.74) is 10.7. The number of anilines is 1. The molecule has 6 heteroatoms. The van der Waals surface area contributed by atoms with Crippen LogP contribution in [0.5, 0.6) is 0 Å². The number of nitrogens with one attached hydrogen (secondary N) is 2. The highest BCUT2D eigenvalue weighted by molar-refractivity contribution is 6.04. The Hall–Kier alpha value is -2.21. The van der Waals surface area contributed by atoms with Gasteiger partial charge in [0, 0.05) is 18.5 Å². The standard InChI is InChI=1S/C15H20N4O2/c1-9(2)14(16)15(21)17-11-5-3-10(4-6-11)12-7-8-13(20)19-18-12/h3-6,9,14H,7-8,16H2,1-2H3,(H,17,21)(H,19,20)/t14-/m0/s1. The van der Waals surface area contributed by atoms with Crippen molar-refractivity contribution < 1.29 is 9.59 Å². The molecule has 1 aliphatic rings. The minimum absolute atomic E-state index is 0.0645. The molecule has 0 spiro atoms. The van der Waals surface area contributed by atoms with Gasteiger partial charge in [0.15, 0.2) is 0 Å². The second-order valence-electron chi connectivity index (χ2n) is 5.43. The quantitative estimate of drug-likeness (QED) is 0.777. The highest BCUT2D eigenvalue weighted by atomic mass is 16.2. The number of carbonyl (C=O) groups is 2. The Morgan fingerprint density at radius 2 is 1.95 bits per heavy atom. The molecule has 112 valence electrons. The van der Waals surface area contributed by atoms with Crippen molar-refractivity contribution in [3.8, 4) is 0 Å². The molecule has 1 heterocycles. The van der Waals surface area contributed by atoms with E-state index in [9.17, 15) is 9.59 Å². The van der Waals surface area contributed by atoms with Crippen LogP contribution in [-0.4, -0.2) is 23.6 Å². The Balaban J connectivity index is 2.02. The van der Waals surface area contributed by atoms with Crippen molar-refractivity contribution in [2.45, 2.75) is 32.7 Å². The third-order valence-electron chi connectivity index (χ3n) is 3.41. The van der Waals surface area contributed by atoms with Gasteiger partial charge in [0.05, 0.1) is 11.8 Å². The smallest absolute Gasteiger partial charge is 0.241 e. The first kappa shape index (κ1) is 15.2. The molecular weight excluding hydrogens is 268 g/mol. The number of rotatable bonds is 4. The maximum Gasteiger partial charge on any atom is 0.241 e. The van der Waals surface area contributed by atoms with Crippen LogP contribution >= 0.6 is 0 Å². The Kier molecular flexibility index (Phi) is 4.70. The zero-order valence-corrected chi connectivity index (χ0v) is 12.2. The molecule has 1 aromatic carbocycles. The molecule has 0 radical (unpaired) electrons. The highest BCUT2D eigenvalue weighted by Crippen LogP contribution is 2.15. The molecule has 6 nitrogen and oxygen atoms in total. The van der Waals surface area contributed by atoms with Crippen molar-refractivity contribution in [2.24, 2.45) is 16.8 Å². The molecule has 2 amide bonds. The average molecular weight is 288 g/mol. The van der Waals surface area contributed by atoms with Crippen molar-refractivity contribution in [3.63, 3.8) is 0 Å². The van der Waals surface area contributed by atoms with E-state index in [1.807, 2.05) is 26.0 Å². The number of benzene rings is 1. The zero-order valence-electron chi connectivity index (χ0n) is 12.2. The zero-order chi connectivity index (χ0) is 15.4. The molecule has 2 rings (SSSR count). The van der Waals surface area contributed by atoms with E-state index in [-0.39, 0.29) is 17.7 Å². The van der Waals surface area contributed by atoms with Crippen LogP contribution in [-0.2, 0) is 9.59 Å². The van der Waals surface area contributed by atoms with Crippen LogP contribution in [0.4, 0.5) is 5.69 Å². The van der Waals surface area contributed by atoms with E-state index in [1.54, 1.807) is 12.1 Å². The Bertz CT molecular complexity index is 564. The predicted molar refractivity (Wildman–Crippen MR) is 81.8 cm³/mol. The van der Waals surface area contributed by atoms with Gasteiger partial charge in [-0.15, -0.1) is 0 Å². The van der Waals surface area contributed by atoms with Crippen LogP contribution in [0.1, 0.15) is 32.3 Å². The number of nitrogens with zero attached hydrogens (tertiary/aromatic N) is 1. The molecule has 21 heavy (non-hydrogen) atoms. The number of hydrogen-bond acceptors (Lipinski definition) is 4. The Morgan fingerprint density at radius 1 is 1.29 bits per heavy atom. The summed E-state index contributed by atoms with van der Waals surface area (Å²) in [5, 5.41) is 6.82. The third kappa shape index (κ3) is 3.88. The molecule has 0 bridgehead atoms. The van der Waals surface area contributed by atoms with E-state index < -0.39 is 6.04 Å².